The van der Waals surface area contributed by atoms with Crippen LogP contribution in [-0.4, -0.2) is 16.8 Å². The van der Waals surface area contributed by atoms with Gasteiger partial charge < -0.3 is 10.5 Å². The van der Waals surface area contributed by atoms with Crippen LogP contribution in [0.15, 0.2) is 35.1 Å². The molecule has 0 bridgehead atoms. The molecule has 0 radical (unpaired) electrons. The molecule has 5 heteroatoms. The number of H-pyrrole nitrogens is 1. The number of para-hydroxylation sites is 1. The van der Waals surface area contributed by atoms with Gasteiger partial charge in [0.15, 0.2) is 0 Å². The number of rotatable bonds is 5. The molecule has 0 saturated heterocycles. The first kappa shape index (κ1) is 14.3. The third-order valence-electron chi connectivity index (χ3n) is 2.95. The molecule has 0 fully saturated rings. The second-order valence-corrected chi connectivity index (χ2v) is 4.67. The zero-order valence-electron chi connectivity index (χ0n) is 11.7. The van der Waals surface area contributed by atoms with E-state index in [0.717, 1.165) is 17.7 Å². The van der Waals surface area contributed by atoms with Crippen molar-refractivity contribution in [3.05, 3.63) is 46.2 Å². The van der Waals surface area contributed by atoms with Crippen molar-refractivity contribution in [2.24, 2.45) is 5.73 Å². The highest BCUT2D eigenvalue weighted by atomic mass is 16.5. The summed E-state index contributed by atoms with van der Waals surface area (Å²) < 4.78 is 5.71. The number of nitrogens with two attached hydrogens (primary N) is 1. The molecular formula is C15H19N3O2. The molecule has 1 aromatic carbocycles. The van der Waals surface area contributed by atoms with E-state index in [4.69, 9.17) is 10.5 Å². The van der Waals surface area contributed by atoms with Crippen LogP contribution in [0.1, 0.15) is 31.9 Å². The first-order valence-electron chi connectivity index (χ1n) is 6.71. The summed E-state index contributed by atoms with van der Waals surface area (Å²) in [5, 5.41) is 6.58. The number of nitrogens with zero attached hydrogens (tertiary/aromatic N) is 1. The highest BCUT2D eigenvalue weighted by Crippen LogP contribution is 2.28. The monoisotopic (exact) mass is 273 g/mol. The smallest absolute Gasteiger partial charge is 0.268 e. The van der Waals surface area contributed by atoms with Crippen LogP contribution >= 0.6 is 0 Å². The molecule has 3 N–H and O–H groups in total. The summed E-state index contributed by atoms with van der Waals surface area (Å²) >= 11 is 0. The SMILES string of the molecule is CCCOc1ccccc1-c1cc(C(C)N)c(=O)[nH]n1. The van der Waals surface area contributed by atoms with Crippen molar-refractivity contribution in [1.82, 2.24) is 10.2 Å². The van der Waals surface area contributed by atoms with E-state index in [1.165, 1.54) is 0 Å². The van der Waals surface area contributed by atoms with E-state index in [0.29, 0.717) is 17.9 Å². The van der Waals surface area contributed by atoms with Gasteiger partial charge in [0, 0.05) is 17.2 Å². The molecule has 0 saturated carbocycles. The fraction of sp³-hybridized carbons (Fsp3) is 0.333. The van der Waals surface area contributed by atoms with Crippen LogP contribution in [0.25, 0.3) is 11.3 Å². The molecule has 1 aromatic heterocycles. The maximum absolute atomic E-state index is 11.7. The van der Waals surface area contributed by atoms with E-state index >= 15 is 0 Å². The van der Waals surface area contributed by atoms with Gasteiger partial charge in [-0.3, -0.25) is 4.79 Å². The van der Waals surface area contributed by atoms with Crippen molar-refractivity contribution >= 4 is 0 Å². The van der Waals surface area contributed by atoms with E-state index in [1.807, 2.05) is 24.3 Å². The van der Waals surface area contributed by atoms with Crippen molar-refractivity contribution in [2.45, 2.75) is 26.3 Å². The third kappa shape index (κ3) is 3.05. The molecule has 0 aliphatic heterocycles. The number of hydrogen-bond donors (Lipinski definition) is 2. The van der Waals surface area contributed by atoms with Crippen LogP contribution in [-0.2, 0) is 0 Å². The lowest BCUT2D eigenvalue weighted by atomic mass is 10.1. The van der Waals surface area contributed by atoms with Crippen LogP contribution in [0.3, 0.4) is 0 Å². The van der Waals surface area contributed by atoms with Crippen LogP contribution in [0.5, 0.6) is 5.75 Å². The normalized spacial score (nSPS) is 12.2. The quantitative estimate of drug-likeness (QED) is 0.875. The van der Waals surface area contributed by atoms with Crippen molar-refractivity contribution in [1.29, 1.82) is 0 Å². The zero-order chi connectivity index (χ0) is 14.5. The van der Waals surface area contributed by atoms with Gasteiger partial charge in [0.05, 0.1) is 12.3 Å². The molecule has 1 atom stereocenters. The van der Waals surface area contributed by atoms with Crippen LogP contribution < -0.4 is 16.0 Å². The Hall–Kier alpha value is -2.14. The average Bonchev–Trinajstić information content (AvgIpc) is 2.46. The fourth-order valence-electron chi connectivity index (χ4n) is 1.91. The number of aromatic amines is 1. The molecule has 1 heterocycles. The lowest BCUT2D eigenvalue weighted by molar-refractivity contribution is 0.318. The first-order valence-corrected chi connectivity index (χ1v) is 6.71. The molecule has 0 spiro atoms. The van der Waals surface area contributed by atoms with Crippen LogP contribution in [0.2, 0.25) is 0 Å². The predicted molar refractivity (Wildman–Crippen MR) is 78.7 cm³/mol. The van der Waals surface area contributed by atoms with Gasteiger partial charge in [0.1, 0.15) is 5.75 Å². The van der Waals surface area contributed by atoms with Crippen molar-refractivity contribution in [3.8, 4) is 17.0 Å². The summed E-state index contributed by atoms with van der Waals surface area (Å²) in [6.07, 6.45) is 0.929. The number of benzene rings is 1. The maximum atomic E-state index is 11.7. The Balaban J connectivity index is 2.46. The van der Waals surface area contributed by atoms with Gasteiger partial charge in [-0.1, -0.05) is 19.1 Å². The lowest BCUT2D eigenvalue weighted by Crippen LogP contribution is -2.20. The summed E-state index contributed by atoms with van der Waals surface area (Å²) in [7, 11) is 0. The highest BCUT2D eigenvalue weighted by Gasteiger charge is 2.12. The Morgan fingerprint density at radius 1 is 1.40 bits per heavy atom. The Morgan fingerprint density at radius 3 is 2.85 bits per heavy atom. The number of ether oxygens (including phenoxy) is 1. The Bertz CT molecular complexity index is 635. The summed E-state index contributed by atoms with van der Waals surface area (Å²) in [5.74, 6) is 0.754. The molecule has 1 unspecified atom stereocenters. The molecule has 5 nitrogen and oxygen atoms in total. The van der Waals surface area contributed by atoms with Gasteiger partial charge in [-0.2, -0.15) is 5.10 Å². The third-order valence-corrected chi connectivity index (χ3v) is 2.95. The average molecular weight is 273 g/mol. The topological polar surface area (TPSA) is 81.0 Å². The zero-order valence-corrected chi connectivity index (χ0v) is 11.7. The van der Waals surface area contributed by atoms with Gasteiger partial charge in [-0.15, -0.1) is 0 Å². The Morgan fingerprint density at radius 2 is 2.15 bits per heavy atom. The Kier molecular flexibility index (Phi) is 4.53. The minimum absolute atomic E-state index is 0.254. The minimum atomic E-state index is -0.343. The van der Waals surface area contributed by atoms with E-state index in [2.05, 4.69) is 17.1 Å². The minimum Gasteiger partial charge on any atom is -0.493 e. The van der Waals surface area contributed by atoms with Gasteiger partial charge in [0.2, 0.25) is 0 Å². The first-order chi connectivity index (χ1) is 9.63. The summed E-state index contributed by atoms with van der Waals surface area (Å²) in [5.41, 5.74) is 7.56. The number of aromatic nitrogens is 2. The second kappa shape index (κ2) is 6.34. The molecule has 0 aliphatic carbocycles. The van der Waals surface area contributed by atoms with E-state index in [9.17, 15) is 4.79 Å². The van der Waals surface area contributed by atoms with Crippen LogP contribution in [0.4, 0.5) is 0 Å². The molecule has 2 rings (SSSR count). The van der Waals surface area contributed by atoms with E-state index in [-0.39, 0.29) is 11.6 Å². The molecule has 20 heavy (non-hydrogen) atoms. The van der Waals surface area contributed by atoms with Crippen LogP contribution in [0, 0.1) is 0 Å². The van der Waals surface area contributed by atoms with Crippen molar-refractivity contribution in [3.63, 3.8) is 0 Å². The molecule has 106 valence electrons. The fourth-order valence-corrected chi connectivity index (χ4v) is 1.91. The highest BCUT2D eigenvalue weighted by molar-refractivity contribution is 5.67. The van der Waals surface area contributed by atoms with Crippen molar-refractivity contribution < 1.29 is 4.74 Å². The lowest BCUT2D eigenvalue weighted by Gasteiger charge is -2.11. The maximum Gasteiger partial charge on any atom is 0.268 e. The van der Waals surface area contributed by atoms with Crippen molar-refractivity contribution in [2.75, 3.05) is 6.61 Å². The number of nitrogens with one attached hydrogen (secondary N) is 1. The summed E-state index contributed by atoms with van der Waals surface area (Å²) in [6, 6.07) is 9.00. The van der Waals surface area contributed by atoms with Gasteiger partial charge in [-0.05, 0) is 31.5 Å². The molecule has 2 aromatic rings. The summed E-state index contributed by atoms with van der Waals surface area (Å²) in [6.45, 7) is 4.46. The van der Waals surface area contributed by atoms with Gasteiger partial charge in [0.25, 0.3) is 5.56 Å². The summed E-state index contributed by atoms with van der Waals surface area (Å²) in [4.78, 5) is 11.7. The molecular weight excluding hydrogens is 254 g/mol. The Labute approximate surface area is 117 Å². The van der Waals surface area contributed by atoms with Gasteiger partial charge in [-0.25, -0.2) is 5.10 Å². The largest absolute Gasteiger partial charge is 0.493 e. The second-order valence-electron chi connectivity index (χ2n) is 4.67. The van der Waals surface area contributed by atoms with E-state index in [1.54, 1.807) is 13.0 Å². The standard InChI is InChI=1S/C15H19N3O2/c1-3-8-20-14-7-5-4-6-11(14)13-9-12(10(2)16)15(19)18-17-13/h4-7,9-10H,3,8,16H2,1-2H3,(H,18,19). The predicted octanol–water partition coefficient (Wildman–Crippen LogP) is 2.25. The van der Waals surface area contributed by atoms with E-state index < -0.39 is 0 Å². The molecule has 0 aliphatic rings. The van der Waals surface area contributed by atoms with Gasteiger partial charge >= 0.3 is 0 Å². The molecule has 0 amide bonds. The number of hydrogen-bond acceptors (Lipinski definition) is 4.